The summed E-state index contributed by atoms with van der Waals surface area (Å²) < 4.78 is 12.5. The number of hydrogen-bond acceptors (Lipinski definition) is 4. The Hall–Kier alpha value is -2.50. The van der Waals surface area contributed by atoms with Gasteiger partial charge in [-0.1, -0.05) is 13.3 Å². The van der Waals surface area contributed by atoms with Gasteiger partial charge < -0.3 is 19.4 Å². The summed E-state index contributed by atoms with van der Waals surface area (Å²) in [6, 6.07) is 5.25. The number of aromatic nitrogens is 1. The molecule has 0 aliphatic carbocycles. The number of benzene rings is 1. The lowest BCUT2D eigenvalue weighted by atomic mass is 10.1. The SMILES string of the molecule is CCCCn1c(=O)c(C(=O)NC(C)(C)C)cc2ccc(OC)c(OC)c21. The van der Waals surface area contributed by atoms with Gasteiger partial charge in [-0.15, -0.1) is 0 Å². The number of carbonyl (C=O) groups is 1. The van der Waals surface area contributed by atoms with Crippen LogP contribution in [-0.4, -0.2) is 30.2 Å². The van der Waals surface area contributed by atoms with E-state index in [-0.39, 0.29) is 17.0 Å². The van der Waals surface area contributed by atoms with Gasteiger partial charge in [0.25, 0.3) is 11.5 Å². The van der Waals surface area contributed by atoms with Crippen LogP contribution < -0.4 is 20.3 Å². The highest BCUT2D eigenvalue weighted by molar-refractivity contribution is 5.99. The summed E-state index contributed by atoms with van der Waals surface area (Å²) in [7, 11) is 3.11. The van der Waals surface area contributed by atoms with E-state index in [4.69, 9.17) is 9.47 Å². The fourth-order valence-electron chi connectivity index (χ4n) is 2.89. The van der Waals surface area contributed by atoms with E-state index in [1.165, 1.54) is 0 Å². The smallest absolute Gasteiger partial charge is 0.264 e. The fraction of sp³-hybridized carbons (Fsp3) is 0.500. The number of ether oxygens (including phenoxy) is 2. The number of methoxy groups -OCH3 is 2. The van der Waals surface area contributed by atoms with Crippen molar-refractivity contribution in [2.24, 2.45) is 0 Å². The number of pyridine rings is 1. The molecule has 0 radical (unpaired) electrons. The van der Waals surface area contributed by atoms with Gasteiger partial charge in [-0.05, 0) is 45.4 Å². The van der Waals surface area contributed by atoms with Gasteiger partial charge in [-0.3, -0.25) is 9.59 Å². The van der Waals surface area contributed by atoms with Crippen molar-refractivity contribution in [1.82, 2.24) is 9.88 Å². The van der Waals surface area contributed by atoms with Gasteiger partial charge in [0.15, 0.2) is 11.5 Å². The van der Waals surface area contributed by atoms with Gasteiger partial charge in [0.1, 0.15) is 5.56 Å². The number of nitrogens with zero attached hydrogens (tertiary/aromatic N) is 1. The lowest BCUT2D eigenvalue weighted by Crippen LogP contribution is -2.43. The van der Waals surface area contributed by atoms with Gasteiger partial charge in [-0.25, -0.2) is 0 Å². The van der Waals surface area contributed by atoms with E-state index >= 15 is 0 Å². The van der Waals surface area contributed by atoms with Crippen LogP contribution in [0.1, 0.15) is 50.9 Å². The Balaban J connectivity index is 2.77. The van der Waals surface area contributed by atoms with E-state index in [1.54, 1.807) is 30.9 Å². The molecule has 0 aliphatic heterocycles. The molecule has 1 N–H and O–H groups in total. The molecule has 0 fully saturated rings. The van der Waals surface area contributed by atoms with Gasteiger partial charge >= 0.3 is 0 Å². The normalized spacial score (nSPS) is 11.5. The van der Waals surface area contributed by atoms with Gasteiger partial charge in [0.05, 0.1) is 19.7 Å². The third-order valence-corrected chi connectivity index (χ3v) is 4.06. The fourth-order valence-corrected chi connectivity index (χ4v) is 2.89. The van der Waals surface area contributed by atoms with Crippen LogP contribution in [0.5, 0.6) is 11.5 Å². The first-order chi connectivity index (χ1) is 12.2. The minimum atomic E-state index is -0.426. The summed E-state index contributed by atoms with van der Waals surface area (Å²) in [6.07, 6.45) is 1.75. The topological polar surface area (TPSA) is 69.6 Å². The van der Waals surface area contributed by atoms with Crippen molar-refractivity contribution in [1.29, 1.82) is 0 Å². The minimum absolute atomic E-state index is 0.135. The molecule has 0 unspecified atom stereocenters. The summed E-state index contributed by atoms with van der Waals surface area (Å²) in [5, 5.41) is 3.63. The Morgan fingerprint density at radius 1 is 1.19 bits per heavy atom. The van der Waals surface area contributed by atoms with Crippen molar-refractivity contribution in [2.75, 3.05) is 14.2 Å². The molecule has 0 spiro atoms. The molecule has 2 aromatic rings. The molecule has 1 aromatic heterocycles. The van der Waals surface area contributed by atoms with Crippen LogP contribution in [0.25, 0.3) is 10.9 Å². The summed E-state index contributed by atoms with van der Waals surface area (Å²) in [4.78, 5) is 25.7. The quantitative estimate of drug-likeness (QED) is 0.858. The van der Waals surface area contributed by atoms with E-state index < -0.39 is 5.54 Å². The lowest BCUT2D eigenvalue weighted by molar-refractivity contribution is 0.0917. The van der Waals surface area contributed by atoms with Gasteiger partial charge in [0, 0.05) is 17.5 Å². The van der Waals surface area contributed by atoms with Crippen LogP contribution in [0.4, 0.5) is 0 Å². The summed E-state index contributed by atoms with van der Waals surface area (Å²) in [5.74, 6) is 0.682. The lowest BCUT2D eigenvalue weighted by Gasteiger charge is -2.21. The predicted octanol–water partition coefficient (Wildman–Crippen LogP) is 3.35. The molecular weight excluding hydrogens is 332 g/mol. The van der Waals surface area contributed by atoms with E-state index in [1.807, 2.05) is 26.8 Å². The summed E-state index contributed by atoms with van der Waals surface area (Å²) >= 11 is 0. The maximum Gasteiger partial charge on any atom is 0.264 e. The van der Waals surface area contributed by atoms with Crippen molar-refractivity contribution in [3.63, 3.8) is 0 Å². The molecule has 0 aliphatic rings. The Morgan fingerprint density at radius 2 is 1.88 bits per heavy atom. The molecule has 1 aromatic carbocycles. The van der Waals surface area contributed by atoms with Crippen molar-refractivity contribution in [2.45, 2.75) is 52.6 Å². The third-order valence-electron chi connectivity index (χ3n) is 4.06. The largest absolute Gasteiger partial charge is 0.493 e. The second-order valence-electron chi connectivity index (χ2n) is 7.31. The standard InChI is InChI=1S/C20H28N2O4/c1-7-8-11-22-16-13(9-10-15(25-5)17(16)26-6)12-14(19(22)24)18(23)21-20(2,3)4/h9-10,12H,7-8,11H2,1-6H3,(H,21,23). The molecule has 2 rings (SSSR count). The zero-order chi connectivity index (χ0) is 19.5. The zero-order valence-electron chi connectivity index (χ0n) is 16.4. The van der Waals surface area contributed by atoms with E-state index in [0.29, 0.717) is 23.6 Å². The van der Waals surface area contributed by atoms with E-state index in [9.17, 15) is 9.59 Å². The van der Waals surface area contributed by atoms with Crippen LogP contribution in [0.3, 0.4) is 0 Å². The molecule has 142 valence electrons. The van der Waals surface area contributed by atoms with Gasteiger partial charge in [-0.2, -0.15) is 0 Å². The van der Waals surface area contributed by atoms with Crippen LogP contribution >= 0.6 is 0 Å². The van der Waals surface area contributed by atoms with E-state index in [2.05, 4.69) is 12.2 Å². The molecule has 1 amide bonds. The summed E-state index contributed by atoms with van der Waals surface area (Å²) in [5.41, 5.74) is 0.0391. The molecule has 6 heteroatoms. The Morgan fingerprint density at radius 3 is 2.42 bits per heavy atom. The van der Waals surface area contributed by atoms with Crippen LogP contribution in [0.15, 0.2) is 23.0 Å². The zero-order valence-corrected chi connectivity index (χ0v) is 16.4. The second kappa shape index (κ2) is 7.81. The average molecular weight is 360 g/mol. The van der Waals surface area contributed by atoms with Crippen molar-refractivity contribution in [3.8, 4) is 11.5 Å². The Kier molecular flexibility index (Phi) is 5.95. The van der Waals surface area contributed by atoms with Crippen molar-refractivity contribution >= 4 is 16.8 Å². The highest BCUT2D eigenvalue weighted by atomic mass is 16.5. The molecule has 6 nitrogen and oxygen atoms in total. The van der Waals surface area contributed by atoms with Crippen LogP contribution in [0, 0.1) is 0 Å². The molecular formula is C20H28N2O4. The van der Waals surface area contributed by atoms with E-state index in [0.717, 1.165) is 18.2 Å². The number of hydrogen-bond donors (Lipinski definition) is 1. The molecule has 0 bridgehead atoms. The molecule has 0 saturated heterocycles. The molecule has 0 atom stereocenters. The van der Waals surface area contributed by atoms with Crippen molar-refractivity contribution in [3.05, 3.63) is 34.1 Å². The highest BCUT2D eigenvalue weighted by Gasteiger charge is 2.22. The Bertz CT molecular complexity index is 863. The predicted molar refractivity (Wildman–Crippen MR) is 103 cm³/mol. The summed E-state index contributed by atoms with van der Waals surface area (Å²) in [6.45, 7) is 8.22. The maximum absolute atomic E-state index is 13.1. The third kappa shape index (κ3) is 4.00. The number of aryl methyl sites for hydroxylation is 1. The second-order valence-corrected chi connectivity index (χ2v) is 7.31. The number of fused-ring (bicyclic) bond motifs is 1. The number of carbonyl (C=O) groups excluding carboxylic acids is 1. The molecule has 0 saturated carbocycles. The average Bonchev–Trinajstić information content (AvgIpc) is 2.57. The first-order valence-electron chi connectivity index (χ1n) is 8.84. The Labute approximate surface area is 154 Å². The minimum Gasteiger partial charge on any atom is -0.493 e. The number of nitrogens with one attached hydrogen (secondary N) is 1. The number of unbranched alkanes of at least 4 members (excludes halogenated alkanes) is 1. The monoisotopic (exact) mass is 360 g/mol. The highest BCUT2D eigenvalue weighted by Crippen LogP contribution is 2.35. The van der Waals surface area contributed by atoms with Crippen LogP contribution in [-0.2, 0) is 6.54 Å². The molecule has 26 heavy (non-hydrogen) atoms. The first-order valence-corrected chi connectivity index (χ1v) is 8.84. The van der Waals surface area contributed by atoms with Crippen LogP contribution in [0.2, 0.25) is 0 Å². The number of amides is 1. The number of rotatable bonds is 6. The first kappa shape index (κ1) is 19.8. The van der Waals surface area contributed by atoms with Gasteiger partial charge in [0.2, 0.25) is 0 Å². The maximum atomic E-state index is 13.1. The van der Waals surface area contributed by atoms with Crippen molar-refractivity contribution < 1.29 is 14.3 Å². The molecule has 1 heterocycles.